The number of carbonyl (C=O) groups excluding carboxylic acids is 1. The molecule has 7 nitrogen and oxygen atoms in total. The summed E-state index contributed by atoms with van der Waals surface area (Å²) >= 11 is 0. The quantitative estimate of drug-likeness (QED) is 0.606. The molecule has 3 rings (SSSR count). The first kappa shape index (κ1) is 22.3. The van der Waals surface area contributed by atoms with Gasteiger partial charge in [-0.15, -0.1) is 0 Å². The summed E-state index contributed by atoms with van der Waals surface area (Å²) in [7, 11) is 4.40. The number of para-hydroxylation sites is 2. The van der Waals surface area contributed by atoms with E-state index in [0.29, 0.717) is 22.8 Å². The van der Waals surface area contributed by atoms with Crippen molar-refractivity contribution < 1.29 is 32.2 Å². The number of benzene rings is 2. The van der Waals surface area contributed by atoms with Crippen LogP contribution in [0.5, 0.6) is 17.2 Å². The number of hydrogen-bond donors (Lipinski definition) is 1. The minimum atomic E-state index is -4.69. The molecule has 0 aliphatic heterocycles. The van der Waals surface area contributed by atoms with Crippen LogP contribution in [-0.4, -0.2) is 36.8 Å². The van der Waals surface area contributed by atoms with Crippen LogP contribution in [0.4, 0.5) is 13.2 Å². The van der Waals surface area contributed by atoms with Gasteiger partial charge in [0.05, 0.1) is 38.4 Å². The maximum Gasteiger partial charge on any atom is 0.449 e. The van der Waals surface area contributed by atoms with Gasteiger partial charge in [0.2, 0.25) is 17.5 Å². The van der Waals surface area contributed by atoms with E-state index in [1.807, 2.05) is 0 Å². The maximum absolute atomic E-state index is 13.4. The number of imidazole rings is 1. The number of alkyl halides is 3. The third-order valence-electron chi connectivity index (χ3n) is 4.77. The highest BCUT2D eigenvalue weighted by Gasteiger charge is 2.38. The lowest BCUT2D eigenvalue weighted by molar-refractivity contribution is -0.147. The molecule has 0 radical (unpaired) electrons. The van der Waals surface area contributed by atoms with Gasteiger partial charge >= 0.3 is 6.18 Å². The minimum absolute atomic E-state index is 0.167. The molecule has 0 saturated carbocycles. The summed E-state index contributed by atoms with van der Waals surface area (Å²) in [6.07, 6.45) is -4.69. The van der Waals surface area contributed by atoms with Gasteiger partial charge in [-0.2, -0.15) is 13.2 Å². The zero-order valence-corrected chi connectivity index (χ0v) is 17.4. The molecule has 1 amide bonds. The van der Waals surface area contributed by atoms with Crippen molar-refractivity contribution in [2.45, 2.75) is 25.7 Å². The normalized spacial score (nSPS) is 12.5. The molecule has 3 aromatic rings. The predicted octanol–water partition coefficient (Wildman–Crippen LogP) is 3.96. The lowest BCUT2D eigenvalue weighted by atomic mass is 10.1. The van der Waals surface area contributed by atoms with Gasteiger partial charge in [0.15, 0.2) is 11.5 Å². The van der Waals surface area contributed by atoms with Crippen LogP contribution < -0.4 is 19.5 Å². The van der Waals surface area contributed by atoms with E-state index in [2.05, 4.69) is 10.3 Å². The maximum atomic E-state index is 13.4. The summed E-state index contributed by atoms with van der Waals surface area (Å²) in [5.41, 5.74) is 1.03. The summed E-state index contributed by atoms with van der Waals surface area (Å²) in [5.74, 6) is -0.526. The van der Waals surface area contributed by atoms with Crippen molar-refractivity contribution >= 4 is 16.9 Å². The molecule has 0 aliphatic rings. The van der Waals surface area contributed by atoms with E-state index in [4.69, 9.17) is 14.2 Å². The van der Waals surface area contributed by atoms with Crippen LogP contribution in [0.15, 0.2) is 36.4 Å². The Kier molecular flexibility index (Phi) is 6.28. The van der Waals surface area contributed by atoms with Crippen molar-refractivity contribution in [3.63, 3.8) is 0 Å². The molecule has 1 unspecified atom stereocenters. The summed E-state index contributed by atoms with van der Waals surface area (Å²) in [6, 6.07) is 8.94. The Hall–Kier alpha value is -3.43. The van der Waals surface area contributed by atoms with Gasteiger partial charge in [-0.05, 0) is 36.8 Å². The summed E-state index contributed by atoms with van der Waals surface area (Å²) in [6.45, 7) is 1.17. The molecule has 1 atom stereocenters. The lowest BCUT2D eigenvalue weighted by Crippen LogP contribution is -2.31. The monoisotopic (exact) mass is 437 g/mol. The number of fused-ring (bicyclic) bond motifs is 1. The molecule has 31 heavy (non-hydrogen) atoms. The fraction of sp³-hybridized carbons (Fsp3) is 0.333. The predicted molar refractivity (Wildman–Crippen MR) is 107 cm³/mol. The number of amides is 1. The van der Waals surface area contributed by atoms with Crippen LogP contribution in [0.25, 0.3) is 11.0 Å². The van der Waals surface area contributed by atoms with E-state index in [9.17, 15) is 18.0 Å². The third kappa shape index (κ3) is 4.52. The molecule has 166 valence electrons. The van der Waals surface area contributed by atoms with Gasteiger partial charge in [-0.25, -0.2) is 4.98 Å². The molecule has 1 heterocycles. The van der Waals surface area contributed by atoms with Crippen LogP contribution in [0.1, 0.15) is 24.4 Å². The number of methoxy groups -OCH3 is 3. The van der Waals surface area contributed by atoms with Crippen molar-refractivity contribution in [2.75, 3.05) is 21.3 Å². The Morgan fingerprint density at radius 3 is 2.26 bits per heavy atom. The Bertz CT molecular complexity index is 1070. The van der Waals surface area contributed by atoms with Gasteiger partial charge in [-0.1, -0.05) is 12.1 Å². The first-order valence-corrected chi connectivity index (χ1v) is 9.31. The highest BCUT2D eigenvalue weighted by atomic mass is 19.4. The smallest absolute Gasteiger partial charge is 0.449 e. The molecule has 10 heteroatoms. The molecule has 0 aliphatic carbocycles. The molecular formula is C21H22F3N3O4. The molecule has 0 saturated heterocycles. The van der Waals surface area contributed by atoms with Crippen molar-refractivity contribution in [1.82, 2.24) is 14.9 Å². The third-order valence-corrected chi connectivity index (χ3v) is 4.77. The van der Waals surface area contributed by atoms with Crippen LogP contribution >= 0.6 is 0 Å². The number of halogens is 3. The molecule has 1 N–H and O–H groups in total. The highest BCUT2D eigenvalue weighted by molar-refractivity contribution is 5.81. The van der Waals surface area contributed by atoms with E-state index < -0.39 is 30.5 Å². The molecule has 0 spiro atoms. The molecule has 0 bridgehead atoms. The second kappa shape index (κ2) is 8.75. The van der Waals surface area contributed by atoms with E-state index in [-0.39, 0.29) is 11.0 Å². The fourth-order valence-electron chi connectivity index (χ4n) is 3.32. The standard InChI is InChI=1S/C21H22F3N3O4/c1-12(13-9-16(29-2)19(31-4)17(10-13)30-3)25-18(28)11-27-15-8-6-5-7-14(15)26-20(27)21(22,23)24/h5-10,12H,11H2,1-4H3,(H,25,28). The Morgan fingerprint density at radius 1 is 1.10 bits per heavy atom. The second-order valence-electron chi connectivity index (χ2n) is 6.76. The van der Waals surface area contributed by atoms with Gasteiger partial charge in [0, 0.05) is 0 Å². The van der Waals surface area contributed by atoms with Crippen LogP contribution in [0.2, 0.25) is 0 Å². The molecule has 0 fully saturated rings. The average molecular weight is 437 g/mol. The lowest BCUT2D eigenvalue weighted by Gasteiger charge is -2.19. The second-order valence-corrected chi connectivity index (χ2v) is 6.76. The van der Waals surface area contributed by atoms with Crippen LogP contribution in [-0.2, 0) is 17.5 Å². The molecule has 1 aromatic heterocycles. The Morgan fingerprint density at radius 2 is 1.71 bits per heavy atom. The van der Waals surface area contributed by atoms with Gasteiger partial charge in [-0.3, -0.25) is 4.79 Å². The largest absolute Gasteiger partial charge is 0.493 e. The van der Waals surface area contributed by atoms with Crippen LogP contribution in [0, 0.1) is 0 Å². The molecule has 2 aromatic carbocycles. The molecular weight excluding hydrogens is 415 g/mol. The topological polar surface area (TPSA) is 74.6 Å². The van der Waals surface area contributed by atoms with Gasteiger partial charge in [0.1, 0.15) is 6.54 Å². The Labute approximate surface area is 176 Å². The number of ether oxygens (including phenoxy) is 3. The van der Waals surface area contributed by atoms with E-state index in [0.717, 1.165) is 4.57 Å². The summed E-state index contributed by atoms with van der Waals surface area (Å²) in [5, 5.41) is 2.71. The van der Waals surface area contributed by atoms with Crippen molar-refractivity contribution in [3.05, 3.63) is 47.8 Å². The zero-order valence-electron chi connectivity index (χ0n) is 17.4. The fourth-order valence-corrected chi connectivity index (χ4v) is 3.32. The SMILES string of the molecule is COc1cc(C(C)NC(=O)Cn2c(C(F)(F)F)nc3ccccc32)cc(OC)c1OC. The van der Waals surface area contributed by atoms with E-state index >= 15 is 0 Å². The number of carbonyl (C=O) groups is 1. The van der Waals surface area contributed by atoms with Crippen molar-refractivity contribution in [1.29, 1.82) is 0 Å². The average Bonchev–Trinajstić information content (AvgIpc) is 3.11. The summed E-state index contributed by atoms with van der Waals surface area (Å²) in [4.78, 5) is 16.3. The minimum Gasteiger partial charge on any atom is -0.493 e. The van der Waals surface area contributed by atoms with E-state index in [1.54, 1.807) is 31.2 Å². The van der Waals surface area contributed by atoms with Crippen LogP contribution in [0.3, 0.4) is 0 Å². The first-order valence-electron chi connectivity index (χ1n) is 9.31. The Balaban J connectivity index is 1.87. The first-order chi connectivity index (χ1) is 14.7. The number of rotatable bonds is 7. The zero-order chi connectivity index (χ0) is 22.8. The van der Waals surface area contributed by atoms with Gasteiger partial charge in [0.25, 0.3) is 0 Å². The van der Waals surface area contributed by atoms with E-state index in [1.165, 1.54) is 33.5 Å². The number of aromatic nitrogens is 2. The number of nitrogens with zero attached hydrogens (tertiary/aromatic N) is 2. The highest BCUT2D eigenvalue weighted by Crippen LogP contribution is 2.39. The summed E-state index contributed by atoms with van der Waals surface area (Å²) < 4.78 is 57.1. The van der Waals surface area contributed by atoms with Crippen molar-refractivity contribution in [2.24, 2.45) is 0 Å². The number of nitrogens with one attached hydrogen (secondary N) is 1. The number of hydrogen-bond acceptors (Lipinski definition) is 5. The van der Waals surface area contributed by atoms with Gasteiger partial charge < -0.3 is 24.1 Å². The van der Waals surface area contributed by atoms with Crippen molar-refractivity contribution in [3.8, 4) is 17.2 Å².